The lowest BCUT2D eigenvalue weighted by Crippen LogP contribution is -1.98. The van der Waals surface area contributed by atoms with E-state index in [1.165, 1.54) is 18.2 Å². The Bertz CT molecular complexity index is 612. The van der Waals surface area contributed by atoms with Gasteiger partial charge in [-0.2, -0.15) is 0 Å². The van der Waals surface area contributed by atoms with Gasteiger partial charge in [-0.1, -0.05) is 24.3 Å². The predicted molar refractivity (Wildman–Crippen MR) is 71.3 cm³/mol. The summed E-state index contributed by atoms with van der Waals surface area (Å²) in [6.45, 7) is 3.53. The Hall–Kier alpha value is -1.94. The maximum absolute atomic E-state index is 14.0. The SMILES string of the molecule is C=CCOc1cc(F)c(-c2c(F)[c]ccc2Cl)c(F)c1. The molecule has 1 radical (unpaired) electrons. The zero-order chi connectivity index (χ0) is 14.7. The van der Waals surface area contributed by atoms with Gasteiger partial charge in [0.05, 0.1) is 10.6 Å². The van der Waals surface area contributed by atoms with Crippen molar-refractivity contribution in [2.75, 3.05) is 6.61 Å². The third-order valence-electron chi connectivity index (χ3n) is 2.53. The molecule has 2 aromatic carbocycles. The highest BCUT2D eigenvalue weighted by Crippen LogP contribution is 2.35. The van der Waals surface area contributed by atoms with Crippen LogP contribution in [-0.4, -0.2) is 6.61 Å². The van der Waals surface area contributed by atoms with Crippen molar-refractivity contribution in [3.05, 3.63) is 65.5 Å². The second kappa shape index (κ2) is 6.01. The van der Waals surface area contributed by atoms with Crippen LogP contribution in [0.2, 0.25) is 5.02 Å². The molecule has 0 N–H and O–H groups in total. The average molecular weight is 298 g/mol. The summed E-state index contributed by atoms with van der Waals surface area (Å²) in [4.78, 5) is 0. The maximum Gasteiger partial charge on any atom is 0.140 e. The molecule has 0 unspecified atom stereocenters. The van der Waals surface area contributed by atoms with Crippen molar-refractivity contribution in [2.45, 2.75) is 0 Å². The van der Waals surface area contributed by atoms with E-state index in [9.17, 15) is 13.2 Å². The lowest BCUT2D eigenvalue weighted by Gasteiger charge is -2.11. The van der Waals surface area contributed by atoms with Crippen LogP contribution in [0.15, 0.2) is 36.9 Å². The third kappa shape index (κ3) is 2.80. The smallest absolute Gasteiger partial charge is 0.140 e. The van der Waals surface area contributed by atoms with E-state index in [1.807, 2.05) is 0 Å². The minimum atomic E-state index is -0.968. The predicted octanol–water partition coefficient (Wildman–Crippen LogP) is 4.79. The zero-order valence-electron chi connectivity index (χ0n) is 10.2. The van der Waals surface area contributed by atoms with Gasteiger partial charge < -0.3 is 4.74 Å². The van der Waals surface area contributed by atoms with Crippen LogP contribution in [0.25, 0.3) is 11.1 Å². The lowest BCUT2D eigenvalue weighted by molar-refractivity contribution is 0.358. The van der Waals surface area contributed by atoms with E-state index in [0.717, 1.165) is 12.1 Å². The van der Waals surface area contributed by atoms with Gasteiger partial charge in [0, 0.05) is 23.8 Å². The van der Waals surface area contributed by atoms with E-state index in [-0.39, 0.29) is 22.9 Å². The topological polar surface area (TPSA) is 9.23 Å². The quantitative estimate of drug-likeness (QED) is 0.737. The van der Waals surface area contributed by atoms with Crippen molar-refractivity contribution in [1.82, 2.24) is 0 Å². The number of hydrogen-bond acceptors (Lipinski definition) is 1. The Morgan fingerprint density at radius 3 is 2.40 bits per heavy atom. The standard InChI is InChI=1S/C15H9ClF3O/c1-2-6-20-9-7-12(18)15(13(19)8-9)14-10(16)4-3-5-11(14)17/h2-4,7-8H,1,6H2. The van der Waals surface area contributed by atoms with Gasteiger partial charge in [0.15, 0.2) is 0 Å². The van der Waals surface area contributed by atoms with Gasteiger partial charge >= 0.3 is 0 Å². The molecule has 1 nitrogen and oxygen atoms in total. The normalized spacial score (nSPS) is 10.4. The molecule has 0 fully saturated rings. The Morgan fingerprint density at radius 2 is 1.85 bits per heavy atom. The molecule has 2 aromatic rings. The van der Waals surface area contributed by atoms with Gasteiger partial charge in [-0.15, -0.1) is 0 Å². The van der Waals surface area contributed by atoms with Gasteiger partial charge in [0.1, 0.15) is 29.8 Å². The molecule has 0 saturated heterocycles. The van der Waals surface area contributed by atoms with Gasteiger partial charge in [-0.25, -0.2) is 13.2 Å². The fraction of sp³-hybridized carbons (Fsp3) is 0.0667. The van der Waals surface area contributed by atoms with Crippen molar-refractivity contribution >= 4 is 11.6 Å². The van der Waals surface area contributed by atoms with E-state index < -0.39 is 23.0 Å². The van der Waals surface area contributed by atoms with Gasteiger partial charge in [-0.3, -0.25) is 0 Å². The summed E-state index contributed by atoms with van der Waals surface area (Å²) in [5, 5.41) is -0.0983. The van der Waals surface area contributed by atoms with Gasteiger partial charge in [0.2, 0.25) is 0 Å². The van der Waals surface area contributed by atoms with Gasteiger partial charge in [-0.05, 0) is 12.1 Å². The highest BCUT2D eigenvalue weighted by molar-refractivity contribution is 6.33. The Labute approximate surface area is 119 Å². The van der Waals surface area contributed by atoms with Crippen LogP contribution in [-0.2, 0) is 0 Å². The highest BCUT2D eigenvalue weighted by atomic mass is 35.5. The summed E-state index contributed by atoms with van der Waals surface area (Å²) < 4.78 is 46.7. The fourth-order valence-electron chi connectivity index (χ4n) is 1.70. The highest BCUT2D eigenvalue weighted by Gasteiger charge is 2.20. The average Bonchev–Trinajstić information content (AvgIpc) is 2.39. The largest absolute Gasteiger partial charge is 0.489 e. The molecule has 2 rings (SSSR count). The van der Waals surface area contributed by atoms with E-state index in [1.54, 1.807) is 0 Å². The summed E-state index contributed by atoms with van der Waals surface area (Å²) in [6.07, 6.45) is 1.44. The molecule has 0 aliphatic carbocycles. The molecule has 0 saturated carbocycles. The summed E-state index contributed by atoms with van der Waals surface area (Å²) in [7, 11) is 0. The molecule has 0 aliphatic rings. The molecular weight excluding hydrogens is 289 g/mol. The minimum Gasteiger partial charge on any atom is -0.489 e. The van der Waals surface area contributed by atoms with E-state index in [0.29, 0.717) is 0 Å². The Kier molecular flexibility index (Phi) is 4.35. The van der Waals surface area contributed by atoms with Crippen molar-refractivity contribution < 1.29 is 17.9 Å². The number of hydrogen-bond donors (Lipinski definition) is 0. The zero-order valence-corrected chi connectivity index (χ0v) is 11.0. The first kappa shape index (κ1) is 14.5. The Morgan fingerprint density at radius 1 is 1.20 bits per heavy atom. The summed E-state index contributed by atoms with van der Waals surface area (Å²) in [6, 6.07) is 6.68. The molecule has 20 heavy (non-hydrogen) atoms. The summed E-state index contributed by atoms with van der Waals surface area (Å²) >= 11 is 5.79. The van der Waals surface area contributed by atoms with Crippen molar-refractivity contribution in [3.8, 4) is 16.9 Å². The molecule has 0 atom stereocenters. The molecule has 0 spiro atoms. The monoisotopic (exact) mass is 297 g/mol. The molecule has 103 valence electrons. The number of halogens is 4. The molecule has 0 heterocycles. The molecule has 0 amide bonds. The number of rotatable bonds is 4. The van der Waals surface area contributed by atoms with Crippen LogP contribution < -0.4 is 4.74 Å². The van der Waals surface area contributed by atoms with Crippen LogP contribution >= 0.6 is 11.6 Å². The first-order valence-electron chi connectivity index (χ1n) is 5.63. The third-order valence-corrected chi connectivity index (χ3v) is 2.85. The maximum atomic E-state index is 14.0. The van der Waals surface area contributed by atoms with Gasteiger partial charge in [0.25, 0.3) is 0 Å². The van der Waals surface area contributed by atoms with Crippen LogP contribution in [0.3, 0.4) is 0 Å². The lowest BCUT2D eigenvalue weighted by atomic mass is 10.0. The van der Waals surface area contributed by atoms with E-state index >= 15 is 0 Å². The van der Waals surface area contributed by atoms with Crippen LogP contribution in [0.1, 0.15) is 0 Å². The summed E-state index contributed by atoms with van der Waals surface area (Å²) in [5.41, 5.74) is -0.908. The number of benzene rings is 2. The first-order chi connectivity index (χ1) is 9.54. The van der Waals surface area contributed by atoms with Crippen LogP contribution in [0, 0.1) is 23.5 Å². The minimum absolute atomic E-state index is 0.0138. The fourth-order valence-corrected chi connectivity index (χ4v) is 1.95. The first-order valence-corrected chi connectivity index (χ1v) is 6.01. The molecule has 0 bridgehead atoms. The molecular formula is C15H9ClF3O. The van der Waals surface area contributed by atoms with Crippen molar-refractivity contribution in [1.29, 1.82) is 0 Å². The second-order valence-corrected chi connectivity index (χ2v) is 4.28. The van der Waals surface area contributed by atoms with Crippen LogP contribution in [0.4, 0.5) is 13.2 Å². The van der Waals surface area contributed by atoms with Crippen molar-refractivity contribution in [3.63, 3.8) is 0 Å². The van der Waals surface area contributed by atoms with E-state index in [4.69, 9.17) is 16.3 Å². The van der Waals surface area contributed by atoms with Crippen LogP contribution in [0.5, 0.6) is 5.75 Å². The van der Waals surface area contributed by atoms with E-state index in [2.05, 4.69) is 12.6 Å². The molecule has 0 aliphatic heterocycles. The summed E-state index contributed by atoms with van der Waals surface area (Å²) in [5.74, 6) is -2.87. The van der Waals surface area contributed by atoms with Crippen molar-refractivity contribution in [2.24, 2.45) is 0 Å². The molecule has 5 heteroatoms. The Balaban J connectivity index is 2.55. The second-order valence-electron chi connectivity index (χ2n) is 3.88. The molecule has 0 aromatic heterocycles. The number of ether oxygens (including phenoxy) is 1.